The van der Waals surface area contributed by atoms with Crippen molar-refractivity contribution in [2.45, 2.75) is 51.0 Å². The first-order chi connectivity index (χ1) is 7.83. The van der Waals surface area contributed by atoms with E-state index < -0.39 is 0 Å². The minimum Gasteiger partial charge on any atom is -0.327 e. The van der Waals surface area contributed by atoms with Gasteiger partial charge in [0.05, 0.1) is 0 Å². The highest BCUT2D eigenvalue weighted by Crippen LogP contribution is 2.37. The zero-order chi connectivity index (χ0) is 11.4. The largest absolute Gasteiger partial charge is 0.327 e. The van der Waals surface area contributed by atoms with Crippen molar-refractivity contribution in [1.29, 1.82) is 0 Å². The molecule has 1 aliphatic rings. The molecule has 1 nitrogen and oxygen atoms in total. The highest BCUT2D eigenvalue weighted by atomic mass is 32.1. The van der Waals surface area contributed by atoms with E-state index in [1.54, 1.807) is 4.88 Å². The molecule has 0 aliphatic heterocycles. The summed E-state index contributed by atoms with van der Waals surface area (Å²) in [6.07, 6.45) is 5.77. The van der Waals surface area contributed by atoms with Crippen molar-refractivity contribution in [3.63, 3.8) is 0 Å². The Morgan fingerprint density at radius 1 is 1.62 bits per heavy atom. The third-order valence-electron chi connectivity index (χ3n) is 3.39. The lowest BCUT2D eigenvalue weighted by atomic mass is 9.81. The molecule has 2 heteroatoms. The van der Waals surface area contributed by atoms with Gasteiger partial charge in [0.2, 0.25) is 0 Å². The fourth-order valence-electron chi connectivity index (χ4n) is 2.53. The lowest BCUT2D eigenvalue weighted by molar-refractivity contribution is 0.449. The lowest BCUT2D eigenvalue weighted by Crippen LogP contribution is -2.30. The molecule has 0 aromatic carbocycles. The molecule has 0 radical (unpaired) electrons. The van der Waals surface area contributed by atoms with Crippen molar-refractivity contribution in [3.8, 4) is 11.8 Å². The highest BCUT2D eigenvalue weighted by Gasteiger charge is 2.25. The summed E-state index contributed by atoms with van der Waals surface area (Å²) in [5.74, 6) is 6.62. The number of nitrogens with two attached hydrogens (primary N) is 1. The first kappa shape index (κ1) is 11.7. The number of aryl methyl sites for hydroxylation is 1. The molecule has 0 fully saturated rings. The fourth-order valence-corrected chi connectivity index (χ4v) is 3.53. The van der Waals surface area contributed by atoms with Gasteiger partial charge in [0.15, 0.2) is 0 Å². The summed E-state index contributed by atoms with van der Waals surface area (Å²) in [6.45, 7) is 1.89. The van der Waals surface area contributed by atoms with Crippen LogP contribution in [0.5, 0.6) is 0 Å². The van der Waals surface area contributed by atoms with E-state index in [-0.39, 0.29) is 6.04 Å². The summed E-state index contributed by atoms with van der Waals surface area (Å²) in [7, 11) is 0. The number of fused-ring (bicyclic) bond motifs is 1. The van der Waals surface area contributed by atoms with E-state index in [9.17, 15) is 0 Å². The Morgan fingerprint density at radius 3 is 3.31 bits per heavy atom. The van der Waals surface area contributed by atoms with Crippen LogP contribution in [0.25, 0.3) is 0 Å². The molecule has 1 aromatic heterocycles. The molecule has 16 heavy (non-hydrogen) atoms. The summed E-state index contributed by atoms with van der Waals surface area (Å²) >= 11 is 1.89. The molecule has 0 saturated carbocycles. The van der Waals surface area contributed by atoms with Crippen LogP contribution >= 0.6 is 11.3 Å². The topological polar surface area (TPSA) is 26.0 Å². The van der Waals surface area contributed by atoms with Crippen molar-refractivity contribution in [1.82, 2.24) is 0 Å². The molecule has 86 valence electrons. The van der Waals surface area contributed by atoms with Gasteiger partial charge in [0.25, 0.3) is 0 Å². The smallest absolute Gasteiger partial charge is 0.0117 e. The minimum absolute atomic E-state index is 0.287. The van der Waals surface area contributed by atoms with Crippen molar-refractivity contribution in [2.24, 2.45) is 5.73 Å². The van der Waals surface area contributed by atoms with Crippen LogP contribution in [0.1, 0.15) is 49.0 Å². The van der Waals surface area contributed by atoms with E-state index in [4.69, 9.17) is 5.73 Å². The Hall–Kier alpha value is -0.780. The van der Waals surface area contributed by atoms with Crippen LogP contribution in [0.15, 0.2) is 11.4 Å². The Kier molecular flexibility index (Phi) is 4.04. The molecule has 2 N–H and O–H groups in total. The molecule has 0 bridgehead atoms. The van der Waals surface area contributed by atoms with Gasteiger partial charge in [0.1, 0.15) is 0 Å². The van der Waals surface area contributed by atoms with Crippen LogP contribution in [-0.4, -0.2) is 6.04 Å². The molecule has 2 rings (SSSR count). The molecule has 2 atom stereocenters. The summed E-state index contributed by atoms with van der Waals surface area (Å²) in [5, 5.41) is 2.21. The van der Waals surface area contributed by atoms with E-state index >= 15 is 0 Å². The van der Waals surface area contributed by atoms with E-state index in [1.807, 2.05) is 18.3 Å². The highest BCUT2D eigenvalue weighted by molar-refractivity contribution is 7.10. The average Bonchev–Trinajstić information content (AvgIpc) is 2.76. The number of hydrogen-bond donors (Lipinski definition) is 1. The standard InChI is InChI=1S/C14H19NS/c1-2-3-4-7-13(15)11-6-5-8-14-12(11)9-10-16-14/h9-11,13H,4-8,15H2,1H3. The van der Waals surface area contributed by atoms with E-state index in [0.717, 1.165) is 12.8 Å². The van der Waals surface area contributed by atoms with Crippen LogP contribution in [0, 0.1) is 11.8 Å². The van der Waals surface area contributed by atoms with Gasteiger partial charge in [0, 0.05) is 23.3 Å². The molecule has 1 aliphatic carbocycles. The van der Waals surface area contributed by atoms with Crippen LogP contribution in [-0.2, 0) is 6.42 Å². The van der Waals surface area contributed by atoms with Crippen molar-refractivity contribution in [3.05, 3.63) is 21.9 Å². The van der Waals surface area contributed by atoms with Crippen LogP contribution < -0.4 is 5.73 Å². The summed E-state index contributed by atoms with van der Waals surface area (Å²) in [4.78, 5) is 1.56. The van der Waals surface area contributed by atoms with Gasteiger partial charge in [-0.25, -0.2) is 0 Å². The maximum absolute atomic E-state index is 6.30. The van der Waals surface area contributed by atoms with Crippen LogP contribution in [0.2, 0.25) is 0 Å². The minimum atomic E-state index is 0.287. The van der Waals surface area contributed by atoms with E-state index in [0.29, 0.717) is 5.92 Å². The molecular formula is C14H19NS. The first-order valence-electron chi connectivity index (χ1n) is 6.04. The molecular weight excluding hydrogens is 214 g/mol. The number of rotatable bonds is 3. The van der Waals surface area contributed by atoms with E-state index in [1.165, 1.54) is 24.8 Å². The molecule has 1 aromatic rings. The fraction of sp³-hybridized carbons (Fsp3) is 0.571. The van der Waals surface area contributed by atoms with Gasteiger partial charge in [-0.3, -0.25) is 0 Å². The van der Waals surface area contributed by atoms with Gasteiger partial charge in [-0.2, -0.15) is 0 Å². The van der Waals surface area contributed by atoms with Crippen molar-refractivity contribution >= 4 is 11.3 Å². The van der Waals surface area contributed by atoms with Gasteiger partial charge in [-0.15, -0.1) is 23.2 Å². The molecule has 2 unspecified atom stereocenters. The first-order valence-corrected chi connectivity index (χ1v) is 6.92. The Balaban J connectivity index is 2.02. The number of thiophene rings is 1. The monoisotopic (exact) mass is 233 g/mol. The summed E-state index contributed by atoms with van der Waals surface area (Å²) in [6, 6.07) is 2.56. The second kappa shape index (κ2) is 5.52. The SMILES string of the molecule is CC#CCCC(N)C1CCCc2sccc21. The van der Waals surface area contributed by atoms with Crippen LogP contribution in [0.3, 0.4) is 0 Å². The molecule has 0 amide bonds. The Morgan fingerprint density at radius 2 is 2.50 bits per heavy atom. The predicted molar refractivity (Wildman–Crippen MR) is 70.7 cm³/mol. The average molecular weight is 233 g/mol. The molecule has 0 spiro atoms. The van der Waals surface area contributed by atoms with Gasteiger partial charge in [-0.05, 0) is 49.6 Å². The van der Waals surface area contributed by atoms with Gasteiger partial charge >= 0.3 is 0 Å². The zero-order valence-electron chi connectivity index (χ0n) is 9.83. The summed E-state index contributed by atoms with van der Waals surface area (Å²) < 4.78 is 0. The zero-order valence-corrected chi connectivity index (χ0v) is 10.6. The van der Waals surface area contributed by atoms with Crippen LogP contribution in [0.4, 0.5) is 0 Å². The van der Waals surface area contributed by atoms with Crippen molar-refractivity contribution in [2.75, 3.05) is 0 Å². The normalized spacial score (nSPS) is 20.8. The summed E-state index contributed by atoms with van der Waals surface area (Å²) in [5.41, 5.74) is 7.82. The maximum atomic E-state index is 6.30. The Bertz CT molecular complexity index is 396. The third kappa shape index (κ3) is 2.48. The molecule has 0 saturated heterocycles. The third-order valence-corrected chi connectivity index (χ3v) is 4.39. The van der Waals surface area contributed by atoms with E-state index in [2.05, 4.69) is 23.3 Å². The van der Waals surface area contributed by atoms with Gasteiger partial charge in [-0.1, -0.05) is 0 Å². The maximum Gasteiger partial charge on any atom is 0.0117 e. The predicted octanol–water partition coefficient (Wildman–Crippen LogP) is 3.30. The Labute approximate surface area is 102 Å². The quantitative estimate of drug-likeness (QED) is 0.796. The van der Waals surface area contributed by atoms with Gasteiger partial charge < -0.3 is 5.73 Å². The molecule has 1 heterocycles. The second-order valence-corrected chi connectivity index (χ2v) is 5.43. The second-order valence-electron chi connectivity index (χ2n) is 4.43. The number of hydrogen-bond acceptors (Lipinski definition) is 2. The van der Waals surface area contributed by atoms with Crippen molar-refractivity contribution < 1.29 is 0 Å². The lowest BCUT2D eigenvalue weighted by Gasteiger charge is -2.27.